The van der Waals surface area contributed by atoms with Gasteiger partial charge < -0.3 is 9.47 Å². The molecule has 0 aliphatic heterocycles. The van der Waals surface area contributed by atoms with Gasteiger partial charge in [0.05, 0.1) is 24.5 Å². The molecular weight excluding hydrogens is 396 g/mol. The maximum atomic E-state index is 11.8. The molecule has 2 heterocycles. The maximum absolute atomic E-state index is 11.8. The number of nitrogens with zero attached hydrogens (tertiary/aromatic N) is 1. The minimum absolute atomic E-state index is 0.0522. The second kappa shape index (κ2) is 10.9. The van der Waals surface area contributed by atoms with Crippen molar-refractivity contribution in [2.24, 2.45) is 0 Å². The SMILES string of the molecule is CCOC(=O)Cc1csc(NC(=O)COC(=O)CSCc2cccs2)n1. The monoisotopic (exact) mass is 414 g/mol. The molecule has 0 spiro atoms. The third-order valence-corrected chi connectivity index (χ3v) is 5.66. The number of ether oxygens (including phenoxy) is 2. The molecule has 140 valence electrons. The van der Waals surface area contributed by atoms with Gasteiger partial charge in [-0.2, -0.15) is 0 Å². The van der Waals surface area contributed by atoms with E-state index in [-0.39, 0.29) is 24.7 Å². The second-order valence-corrected chi connectivity index (χ2v) is 7.78. The molecule has 0 bridgehead atoms. The van der Waals surface area contributed by atoms with Crippen LogP contribution in [0.2, 0.25) is 0 Å². The zero-order valence-corrected chi connectivity index (χ0v) is 16.5. The van der Waals surface area contributed by atoms with E-state index in [4.69, 9.17) is 9.47 Å². The van der Waals surface area contributed by atoms with E-state index in [9.17, 15) is 14.4 Å². The first-order valence-electron chi connectivity index (χ1n) is 7.72. The van der Waals surface area contributed by atoms with Gasteiger partial charge in [0.2, 0.25) is 0 Å². The molecule has 7 nitrogen and oxygen atoms in total. The minimum atomic E-state index is -0.473. The van der Waals surface area contributed by atoms with E-state index >= 15 is 0 Å². The summed E-state index contributed by atoms with van der Waals surface area (Å²) in [6, 6.07) is 3.96. The van der Waals surface area contributed by atoms with Crippen LogP contribution >= 0.6 is 34.4 Å². The van der Waals surface area contributed by atoms with Crippen LogP contribution in [0, 0.1) is 0 Å². The summed E-state index contributed by atoms with van der Waals surface area (Å²) in [6.45, 7) is 1.67. The highest BCUT2D eigenvalue weighted by Crippen LogP contribution is 2.17. The summed E-state index contributed by atoms with van der Waals surface area (Å²) in [5, 5.41) is 6.53. The van der Waals surface area contributed by atoms with Crippen LogP contribution in [0.25, 0.3) is 0 Å². The van der Waals surface area contributed by atoms with Crippen LogP contribution in [-0.2, 0) is 36.0 Å². The Balaban J connectivity index is 1.64. The van der Waals surface area contributed by atoms with Crippen LogP contribution in [0.5, 0.6) is 0 Å². The molecule has 10 heteroatoms. The number of hydrogen-bond acceptors (Lipinski definition) is 9. The topological polar surface area (TPSA) is 94.6 Å². The van der Waals surface area contributed by atoms with Gasteiger partial charge in [0.25, 0.3) is 5.91 Å². The molecule has 2 rings (SSSR count). The number of thiazole rings is 1. The minimum Gasteiger partial charge on any atom is -0.466 e. The van der Waals surface area contributed by atoms with E-state index in [1.165, 1.54) is 28.0 Å². The van der Waals surface area contributed by atoms with Crippen molar-refractivity contribution >= 4 is 57.4 Å². The molecule has 0 atom stereocenters. The molecule has 1 amide bonds. The predicted octanol–water partition coefficient (Wildman–Crippen LogP) is 2.73. The van der Waals surface area contributed by atoms with Crippen LogP contribution in [-0.4, -0.2) is 41.8 Å². The molecule has 2 aromatic heterocycles. The lowest BCUT2D eigenvalue weighted by molar-refractivity contribution is -0.144. The van der Waals surface area contributed by atoms with E-state index < -0.39 is 11.9 Å². The first kappa shape index (κ1) is 20.4. The van der Waals surface area contributed by atoms with Crippen molar-refractivity contribution in [3.05, 3.63) is 33.5 Å². The van der Waals surface area contributed by atoms with Crippen LogP contribution in [0.15, 0.2) is 22.9 Å². The Morgan fingerprint density at radius 2 is 2.08 bits per heavy atom. The van der Waals surface area contributed by atoms with Gasteiger partial charge in [0, 0.05) is 16.0 Å². The molecule has 0 saturated carbocycles. The number of thioether (sulfide) groups is 1. The predicted molar refractivity (Wildman–Crippen MR) is 103 cm³/mol. The molecule has 0 aliphatic rings. The van der Waals surface area contributed by atoms with Crippen LogP contribution in [0.3, 0.4) is 0 Å². The Hall–Kier alpha value is -1.91. The van der Waals surface area contributed by atoms with E-state index in [2.05, 4.69) is 10.3 Å². The van der Waals surface area contributed by atoms with Gasteiger partial charge in [-0.05, 0) is 18.4 Å². The lowest BCUT2D eigenvalue weighted by Gasteiger charge is -2.04. The lowest BCUT2D eigenvalue weighted by Crippen LogP contribution is -2.21. The Morgan fingerprint density at radius 3 is 2.81 bits per heavy atom. The van der Waals surface area contributed by atoms with Crippen molar-refractivity contribution in [3.63, 3.8) is 0 Å². The van der Waals surface area contributed by atoms with Crippen LogP contribution in [0.1, 0.15) is 17.5 Å². The third-order valence-electron chi connectivity index (χ3n) is 2.84. The number of esters is 2. The highest BCUT2D eigenvalue weighted by Gasteiger charge is 2.12. The third kappa shape index (κ3) is 7.54. The summed E-state index contributed by atoms with van der Waals surface area (Å²) in [5.41, 5.74) is 0.519. The molecule has 0 unspecified atom stereocenters. The number of rotatable bonds is 10. The fraction of sp³-hybridized carbons (Fsp3) is 0.375. The smallest absolute Gasteiger partial charge is 0.316 e. The molecule has 26 heavy (non-hydrogen) atoms. The summed E-state index contributed by atoms with van der Waals surface area (Å²) in [7, 11) is 0. The van der Waals surface area contributed by atoms with E-state index in [0.29, 0.717) is 17.4 Å². The molecule has 0 aliphatic carbocycles. The highest BCUT2D eigenvalue weighted by molar-refractivity contribution is 7.99. The molecule has 0 saturated heterocycles. The van der Waals surface area contributed by atoms with Crippen molar-refractivity contribution < 1.29 is 23.9 Å². The standard InChI is InChI=1S/C16H18N2O5S3/c1-2-22-14(20)6-11-8-26-16(17-11)18-13(19)7-23-15(21)10-24-9-12-4-3-5-25-12/h3-5,8H,2,6-7,9-10H2,1H3,(H,17,18,19). The van der Waals surface area contributed by atoms with Gasteiger partial charge in [-0.1, -0.05) is 6.07 Å². The zero-order valence-electron chi connectivity index (χ0n) is 14.1. The van der Waals surface area contributed by atoms with Gasteiger partial charge in [-0.25, -0.2) is 4.98 Å². The average Bonchev–Trinajstić information content (AvgIpc) is 3.25. The Bertz CT molecular complexity index is 730. The summed E-state index contributed by atoms with van der Waals surface area (Å²) >= 11 is 4.26. The fourth-order valence-corrected chi connectivity index (χ4v) is 4.17. The molecule has 0 radical (unpaired) electrons. The van der Waals surface area contributed by atoms with Gasteiger partial charge in [0.1, 0.15) is 0 Å². The highest BCUT2D eigenvalue weighted by atomic mass is 32.2. The van der Waals surface area contributed by atoms with Gasteiger partial charge in [0.15, 0.2) is 11.7 Å². The van der Waals surface area contributed by atoms with Crippen LogP contribution < -0.4 is 5.32 Å². The Morgan fingerprint density at radius 1 is 1.23 bits per heavy atom. The number of amides is 1. The maximum Gasteiger partial charge on any atom is 0.316 e. The quantitative estimate of drug-likeness (QED) is 0.597. The Labute approximate surface area is 163 Å². The lowest BCUT2D eigenvalue weighted by atomic mass is 10.3. The van der Waals surface area contributed by atoms with Crippen molar-refractivity contribution in [1.82, 2.24) is 4.98 Å². The molecular formula is C16H18N2O5S3. The molecule has 0 fully saturated rings. The number of nitrogens with one attached hydrogen (secondary N) is 1. The number of carbonyl (C=O) groups excluding carboxylic acids is 3. The van der Waals surface area contributed by atoms with Crippen molar-refractivity contribution in [2.45, 2.75) is 19.1 Å². The number of thiophene rings is 1. The van der Waals surface area contributed by atoms with Crippen LogP contribution in [0.4, 0.5) is 5.13 Å². The van der Waals surface area contributed by atoms with E-state index in [1.807, 2.05) is 17.5 Å². The summed E-state index contributed by atoms with van der Waals surface area (Å²) in [5.74, 6) is -0.361. The Kier molecular flexibility index (Phi) is 8.59. The van der Waals surface area contributed by atoms with Gasteiger partial charge in [-0.15, -0.1) is 34.4 Å². The normalized spacial score (nSPS) is 10.3. The molecule has 2 aromatic rings. The van der Waals surface area contributed by atoms with E-state index in [1.54, 1.807) is 23.6 Å². The first-order chi connectivity index (χ1) is 12.6. The second-order valence-electron chi connectivity index (χ2n) is 4.91. The van der Waals surface area contributed by atoms with E-state index in [0.717, 1.165) is 5.75 Å². The molecule has 0 aromatic carbocycles. The van der Waals surface area contributed by atoms with Crippen molar-refractivity contribution in [1.29, 1.82) is 0 Å². The summed E-state index contributed by atoms with van der Waals surface area (Å²) in [6.07, 6.45) is 0.0522. The number of aromatic nitrogens is 1. The number of anilines is 1. The first-order valence-corrected chi connectivity index (χ1v) is 10.6. The average molecular weight is 415 g/mol. The zero-order chi connectivity index (χ0) is 18.8. The van der Waals surface area contributed by atoms with Gasteiger partial charge >= 0.3 is 11.9 Å². The van der Waals surface area contributed by atoms with Gasteiger partial charge in [-0.3, -0.25) is 19.7 Å². The largest absolute Gasteiger partial charge is 0.466 e. The summed E-state index contributed by atoms with van der Waals surface area (Å²) in [4.78, 5) is 40.1. The summed E-state index contributed by atoms with van der Waals surface area (Å²) < 4.78 is 9.77. The van der Waals surface area contributed by atoms with Crippen molar-refractivity contribution in [3.8, 4) is 0 Å². The number of hydrogen-bond donors (Lipinski definition) is 1. The number of carbonyl (C=O) groups is 3. The molecule has 1 N–H and O–H groups in total. The fourth-order valence-electron chi connectivity index (χ4n) is 1.78. The van der Waals surface area contributed by atoms with Crippen molar-refractivity contribution in [2.75, 3.05) is 24.3 Å².